The Hall–Kier alpha value is -2.28. The van der Waals surface area contributed by atoms with Gasteiger partial charge < -0.3 is 15.6 Å². The highest BCUT2D eigenvalue weighted by atomic mass is 19.4. The number of alkyl halides is 3. The number of halogens is 3. The predicted molar refractivity (Wildman–Crippen MR) is 65.8 cm³/mol. The number of nitrogens with two attached hydrogens (primary N) is 1. The van der Waals surface area contributed by atoms with E-state index in [0.717, 1.165) is 6.07 Å². The molecule has 0 bridgehead atoms. The van der Waals surface area contributed by atoms with Crippen LogP contribution in [0.1, 0.15) is 17.2 Å². The molecule has 0 aliphatic carbocycles. The van der Waals surface area contributed by atoms with Gasteiger partial charge >= 0.3 is 6.36 Å². The van der Waals surface area contributed by atoms with Gasteiger partial charge in [0.2, 0.25) is 0 Å². The molecule has 0 saturated carbocycles. The fourth-order valence-electron chi connectivity index (χ4n) is 1.74. The van der Waals surface area contributed by atoms with Gasteiger partial charge in [0.25, 0.3) is 0 Å². The third-order valence-electron chi connectivity index (χ3n) is 2.62. The molecule has 3 N–H and O–H groups in total. The second-order valence-electron chi connectivity index (χ2n) is 3.99. The minimum Gasteiger partial charge on any atom is -0.405 e. The van der Waals surface area contributed by atoms with Crippen molar-refractivity contribution in [1.82, 2.24) is 4.98 Å². The van der Waals surface area contributed by atoms with Gasteiger partial charge in [0.15, 0.2) is 0 Å². The van der Waals surface area contributed by atoms with Crippen molar-refractivity contribution in [2.45, 2.75) is 12.5 Å². The zero-order valence-electron chi connectivity index (χ0n) is 10.1. The van der Waals surface area contributed by atoms with E-state index in [2.05, 4.69) is 9.72 Å². The molecule has 1 aromatic carbocycles. The second kappa shape index (κ2) is 5.38. The predicted octanol–water partition coefficient (Wildman–Crippen LogP) is 2.64. The number of benzene rings is 1. The molecule has 1 atom stereocenters. The van der Waals surface area contributed by atoms with Crippen LogP contribution >= 0.6 is 0 Å². The van der Waals surface area contributed by atoms with Gasteiger partial charge in [0.05, 0.1) is 0 Å². The molecule has 1 heterocycles. The number of para-hydroxylation sites is 1. The molecular formula is C13H11F3N2O2. The van der Waals surface area contributed by atoms with Crippen LogP contribution in [0.3, 0.4) is 0 Å². The summed E-state index contributed by atoms with van der Waals surface area (Å²) in [6.45, 7) is 0. The number of aliphatic hydroxyl groups is 1. The normalized spacial score (nSPS) is 13.0. The molecule has 0 aliphatic heterocycles. The minimum absolute atomic E-state index is 0.0375. The maximum absolute atomic E-state index is 12.3. The van der Waals surface area contributed by atoms with Crippen molar-refractivity contribution >= 4 is 5.69 Å². The van der Waals surface area contributed by atoms with Crippen molar-refractivity contribution in [3.05, 3.63) is 53.9 Å². The summed E-state index contributed by atoms with van der Waals surface area (Å²) in [6, 6.07) is 6.78. The average Bonchev–Trinajstić information content (AvgIpc) is 2.37. The Bertz CT molecular complexity index is 602. The highest BCUT2D eigenvalue weighted by Crippen LogP contribution is 2.34. The highest BCUT2D eigenvalue weighted by molar-refractivity contribution is 5.51. The van der Waals surface area contributed by atoms with E-state index in [4.69, 9.17) is 5.73 Å². The van der Waals surface area contributed by atoms with Crippen molar-refractivity contribution in [2.24, 2.45) is 0 Å². The second-order valence-corrected chi connectivity index (χ2v) is 3.99. The number of rotatable bonds is 3. The first-order valence-corrected chi connectivity index (χ1v) is 5.60. The van der Waals surface area contributed by atoms with Crippen LogP contribution in [0.4, 0.5) is 18.9 Å². The molecule has 2 aromatic rings. The molecule has 106 valence electrons. The van der Waals surface area contributed by atoms with Gasteiger partial charge in [0.1, 0.15) is 11.9 Å². The Morgan fingerprint density at radius 1 is 1.15 bits per heavy atom. The molecule has 0 amide bonds. The Morgan fingerprint density at radius 2 is 1.85 bits per heavy atom. The number of nitrogens with zero attached hydrogens (tertiary/aromatic N) is 1. The summed E-state index contributed by atoms with van der Waals surface area (Å²) < 4.78 is 40.9. The van der Waals surface area contributed by atoms with E-state index < -0.39 is 18.2 Å². The van der Waals surface area contributed by atoms with Gasteiger partial charge in [-0.25, -0.2) is 0 Å². The van der Waals surface area contributed by atoms with Gasteiger partial charge in [-0.2, -0.15) is 0 Å². The van der Waals surface area contributed by atoms with E-state index in [0.29, 0.717) is 0 Å². The van der Waals surface area contributed by atoms with E-state index in [1.165, 1.54) is 36.7 Å². The minimum atomic E-state index is -4.84. The number of anilines is 1. The maximum Gasteiger partial charge on any atom is 0.573 e. The first-order valence-electron chi connectivity index (χ1n) is 5.60. The number of pyridine rings is 1. The summed E-state index contributed by atoms with van der Waals surface area (Å²) in [5.41, 5.74) is 6.08. The lowest BCUT2D eigenvalue weighted by molar-refractivity contribution is -0.275. The quantitative estimate of drug-likeness (QED) is 0.909. The fraction of sp³-hybridized carbons (Fsp3) is 0.154. The SMILES string of the molecule is Nc1ccncc1C(O)c1ccccc1OC(F)(F)F. The van der Waals surface area contributed by atoms with Crippen LogP contribution in [0, 0.1) is 0 Å². The van der Waals surface area contributed by atoms with Crippen LogP contribution in [0.5, 0.6) is 5.75 Å². The summed E-state index contributed by atoms with van der Waals surface area (Å²) in [5.74, 6) is -0.476. The number of hydrogen-bond donors (Lipinski definition) is 2. The lowest BCUT2D eigenvalue weighted by Crippen LogP contribution is -2.19. The molecule has 2 rings (SSSR count). The molecule has 7 heteroatoms. The van der Waals surface area contributed by atoms with Gasteiger partial charge in [-0.1, -0.05) is 18.2 Å². The number of aromatic nitrogens is 1. The van der Waals surface area contributed by atoms with Crippen molar-refractivity contribution in [3.8, 4) is 5.75 Å². The van der Waals surface area contributed by atoms with Crippen molar-refractivity contribution in [2.75, 3.05) is 5.73 Å². The average molecular weight is 284 g/mol. The summed E-state index contributed by atoms with van der Waals surface area (Å²) in [4.78, 5) is 3.79. The number of nitrogen functional groups attached to an aromatic ring is 1. The van der Waals surface area contributed by atoms with Crippen LogP contribution in [0.15, 0.2) is 42.7 Å². The van der Waals surface area contributed by atoms with Crippen LogP contribution in [0.25, 0.3) is 0 Å². The fourth-order valence-corrected chi connectivity index (χ4v) is 1.74. The Labute approximate surface area is 112 Å². The van der Waals surface area contributed by atoms with E-state index in [1.54, 1.807) is 0 Å². The van der Waals surface area contributed by atoms with E-state index in [-0.39, 0.29) is 16.8 Å². The van der Waals surface area contributed by atoms with E-state index >= 15 is 0 Å². The van der Waals surface area contributed by atoms with Gasteiger partial charge in [-0.3, -0.25) is 4.98 Å². The smallest absolute Gasteiger partial charge is 0.405 e. The van der Waals surface area contributed by atoms with Crippen LogP contribution in [-0.2, 0) is 0 Å². The molecule has 4 nitrogen and oxygen atoms in total. The molecule has 0 radical (unpaired) electrons. The van der Waals surface area contributed by atoms with Crippen LogP contribution in [0.2, 0.25) is 0 Å². The summed E-state index contributed by atoms with van der Waals surface area (Å²) in [7, 11) is 0. The maximum atomic E-state index is 12.3. The molecule has 0 spiro atoms. The van der Waals surface area contributed by atoms with Crippen LogP contribution < -0.4 is 10.5 Å². The summed E-state index contributed by atoms with van der Waals surface area (Å²) >= 11 is 0. The Balaban J connectivity index is 2.40. The molecular weight excluding hydrogens is 273 g/mol. The lowest BCUT2D eigenvalue weighted by Gasteiger charge is -2.18. The van der Waals surface area contributed by atoms with E-state index in [9.17, 15) is 18.3 Å². The van der Waals surface area contributed by atoms with Gasteiger partial charge in [0, 0.05) is 29.2 Å². The number of ether oxygens (including phenoxy) is 1. The largest absolute Gasteiger partial charge is 0.573 e. The highest BCUT2D eigenvalue weighted by Gasteiger charge is 2.33. The Kier molecular flexibility index (Phi) is 3.80. The number of hydrogen-bond acceptors (Lipinski definition) is 4. The topological polar surface area (TPSA) is 68.4 Å². The van der Waals surface area contributed by atoms with Gasteiger partial charge in [-0.05, 0) is 12.1 Å². The molecule has 1 unspecified atom stereocenters. The molecule has 1 aromatic heterocycles. The summed E-state index contributed by atoms with van der Waals surface area (Å²) in [5, 5.41) is 10.2. The standard InChI is InChI=1S/C13H11F3N2O2/c14-13(15,16)20-11-4-2-1-3-8(11)12(19)9-7-18-6-5-10(9)17/h1-7,12,19H,(H2,17,18). The van der Waals surface area contributed by atoms with Crippen molar-refractivity contribution in [3.63, 3.8) is 0 Å². The van der Waals surface area contributed by atoms with E-state index in [1.807, 2.05) is 0 Å². The zero-order valence-corrected chi connectivity index (χ0v) is 10.1. The Morgan fingerprint density at radius 3 is 2.50 bits per heavy atom. The molecule has 0 fully saturated rings. The lowest BCUT2D eigenvalue weighted by atomic mass is 10.0. The van der Waals surface area contributed by atoms with Crippen molar-refractivity contribution in [1.29, 1.82) is 0 Å². The summed E-state index contributed by atoms with van der Waals surface area (Å²) in [6.07, 6.45) is -3.48. The zero-order chi connectivity index (χ0) is 14.8. The molecule has 0 saturated heterocycles. The van der Waals surface area contributed by atoms with Gasteiger partial charge in [-0.15, -0.1) is 13.2 Å². The van der Waals surface area contributed by atoms with Crippen LogP contribution in [-0.4, -0.2) is 16.5 Å². The molecule has 20 heavy (non-hydrogen) atoms. The first kappa shape index (κ1) is 14.1. The third-order valence-corrected chi connectivity index (χ3v) is 2.62. The monoisotopic (exact) mass is 284 g/mol. The molecule has 0 aliphatic rings. The third kappa shape index (κ3) is 3.18. The number of aliphatic hydroxyl groups excluding tert-OH is 1. The van der Waals surface area contributed by atoms with Crippen molar-refractivity contribution < 1.29 is 23.0 Å². The first-order chi connectivity index (χ1) is 9.38.